The summed E-state index contributed by atoms with van der Waals surface area (Å²) in [6.07, 6.45) is 12.4. The number of carbonyl (C=O) groups is 1. The van der Waals surface area contributed by atoms with Gasteiger partial charge in [0.05, 0.1) is 0 Å². The fourth-order valence-corrected chi connectivity index (χ4v) is 4.07. The van der Waals surface area contributed by atoms with Crippen molar-refractivity contribution < 1.29 is 4.79 Å². The number of rotatable bonds is 7. The molecule has 0 aromatic carbocycles. The number of hydrogen-bond acceptors (Lipinski definition) is 1. The summed E-state index contributed by atoms with van der Waals surface area (Å²) in [5.74, 6) is 1.16. The van der Waals surface area contributed by atoms with Crippen LogP contribution in [0.15, 0.2) is 36.0 Å². The topological polar surface area (TPSA) is 29.1 Å². The molecule has 0 aromatic heterocycles. The standard InChI is InChI=1S/C23H39NO/c1-17(2)15-21(5,6)16-22(7,8)24-20(25)19-11-10-13-23(9,14-12-19)18(3)4/h10-14,17-18H,15-16H2,1-9H3,(H,24,25). The number of nitrogens with one attached hydrogen (secondary N) is 1. The van der Waals surface area contributed by atoms with Crippen LogP contribution in [0.1, 0.15) is 75.2 Å². The van der Waals surface area contributed by atoms with E-state index in [1.807, 2.05) is 18.2 Å². The van der Waals surface area contributed by atoms with E-state index in [0.717, 1.165) is 18.4 Å². The molecule has 1 aliphatic carbocycles. The summed E-state index contributed by atoms with van der Waals surface area (Å²) in [5, 5.41) is 3.25. The van der Waals surface area contributed by atoms with Crippen molar-refractivity contribution in [3.05, 3.63) is 36.0 Å². The van der Waals surface area contributed by atoms with Crippen molar-refractivity contribution >= 4 is 5.91 Å². The molecule has 0 heterocycles. The molecule has 2 heteroatoms. The first-order valence-corrected chi connectivity index (χ1v) is 9.68. The molecule has 0 radical (unpaired) electrons. The maximum Gasteiger partial charge on any atom is 0.251 e. The monoisotopic (exact) mass is 345 g/mol. The maximum atomic E-state index is 12.8. The highest BCUT2D eigenvalue weighted by Crippen LogP contribution is 2.35. The van der Waals surface area contributed by atoms with Gasteiger partial charge in [0.2, 0.25) is 0 Å². The first-order valence-electron chi connectivity index (χ1n) is 9.68. The molecule has 0 aliphatic heterocycles. The summed E-state index contributed by atoms with van der Waals surface area (Å²) >= 11 is 0. The quantitative estimate of drug-likeness (QED) is 0.597. The van der Waals surface area contributed by atoms with Crippen LogP contribution in [0.4, 0.5) is 0 Å². The minimum Gasteiger partial charge on any atom is -0.347 e. The van der Waals surface area contributed by atoms with Gasteiger partial charge in [-0.05, 0) is 50.0 Å². The summed E-state index contributed by atoms with van der Waals surface area (Å²) in [6, 6.07) is 0. The molecule has 0 spiro atoms. The van der Waals surface area contributed by atoms with Crippen LogP contribution in [0.3, 0.4) is 0 Å². The van der Waals surface area contributed by atoms with Crippen LogP contribution in [0.25, 0.3) is 0 Å². The third-order valence-electron chi connectivity index (χ3n) is 5.19. The van der Waals surface area contributed by atoms with E-state index in [9.17, 15) is 4.79 Å². The second-order valence-electron chi connectivity index (χ2n) is 10.1. The van der Waals surface area contributed by atoms with Gasteiger partial charge in [-0.3, -0.25) is 4.79 Å². The van der Waals surface area contributed by atoms with E-state index in [2.05, 4.69) is 79.8 Å². The van der Waals surface area contributed by atoms with Gasteiger partial charge in [-0.15, -0.1) is 0 Å². The Hall–Kier alpha value is -1.31. The van der Waals surface area contributed by atoms with Crippen LogP contribution in [-0.2, 0) is 4.79 Å². The van der Waals surface area contributed by atoms with Gasteiger partial charge in [0.1, 0.15) is 0 Å². The van der Waals surface area contributed by atoms with E-state index in [1.54, 1.807) is 0 Å². The van der Waals surface area contributed by atoms with E-state index < -0.39 is 0 Å². The molecular weight excluding hydrogens is 306 g/mol. The van der Waals surface area contributed by atoms with Crippen molar-refractivity contribution in [3.63, 3.8) is 0 Å². The lowest BCUT2D eigenvalue weighted by Crippen LogP contribution is -2.46. The molecular formula is C23H39NO. The van der Waals surface area contributed by atoms with Crippen molar-refractivity contribution in [2.75, 3.05) is 0 Å². The lowest BCUT2D eigenvalue weighted by Gasteiger charge is -2.36. The van der Waals surface area contributed by atoms with Crippen molar-refractivity contribution in [1.29, 1.82) is 0 Å². The average Bonchev–Trinajstić information content (AvgIpc) is 2.58. The Morgan fingerprint density at radius 1 is 1.12 bits per heavy atom. The van der Waals surface area contributed by atoms with Gasteiger partial charge in [-0.1, -0.05) is 72.8 Å². The smallest absolute Gasteiger partial charge is 0.251 e. The normalized spacial score (nSPS) is 21.5. The molecule has 1 unspecified atom stereocenters. The Morgan fingerprint density at radius 3 is 2.24 bits per heavy atom. The predicted molar refractivity (Wildman–Crippen MR) is 109 cm³/mol. The molecule has 25 heavy (non-hydrogen) atoms. The van der Waals surface area contributed by atoms with Gasteiger partial charge in [0.25, 0.3) is 5.91 Å². The van der Waals surface area contributed by atoms with Crippen molar-refractivity contribution in [2.24, 2.45) is 22.7 Å². The zero-order valence-corrected chi connectivity index (χ0v) is 17.9. The fourth-order valence-electron chi connectivity index (χ4n) is 4.07. The Bertz CT molecular complexity index is 561. The van der Waals surface area contributed by atoms with Crippen molar-refractivity contribution in [2.45, 2.75) is 80.7 Å². The summed E-state index contributed by atoms with van der Waals surface area (Å²) in [5.41, 5.74) is 0.694. The maximum absolute atomic E-state index is 12.8. The van der Waals surface area contributed by atoms with Crippen LogP contribution in [-0.4, -0.2) is 11.4 Å². The highest BCUT2D eigenvalue weighted by atomic mass is 16.1. The molecule has 142 valence electrons. The second-order valence-corrected chi connectivity index (χ2v) is 10.1. The number of amides is 1. The van der Waals surface area contributed by atoms with Gasteiger partial charge in [-0.25, -0.2) is 0 Å². The van der Waals surface area contributed by atoms with E-state index in [4.69, 9.17) is 0 Å². The highest BCUT2D eigenvalue weighted by molar-refractivity contribution is 5.97. The Morgan fingerprint density at radius 2 is 1.72 bits per heavy atom. The Balaban J connectivity index is 2.81. The van der Waals surface area contributed by atoms with E-state index >= 15 is 0 Å². The van der Waals surface area contributed by atoms with Crippen LogP contribution in [0.2, 0.25) is 0 Å². The molecule has 1 N–H and O–H groups in total. The molecule has 1 amide bonds. The van der Waals surface area contributed by atoms with Gasteiger partial charge in [0, 0.05) is 16.5 Å². The molecule has 1 rings (SSSR count). The van der Waals surface area contributed by atoms with Crippen LogP contribution in [0, 0.1) is 22.7 Å². The summed E-state index contributed by atoms with van der Waals surface area (Å²) in [7, 11) is 0. The zero-order chi connectivity index (χ0) is 19.5. The molecule has 0 saturated carbocycles. The summed E-state index contributed by atoms with van der Waals surface area (Å²) < 4.78 is 0. The largest absolute Gasteiger partial charge is 0.347 e. The highest BCUT2D eigenvalue weighted by Gasteiger charge is 2.31. The minimum absolute atomic E-state index is 0.00664. The summed E-state index contributed by atoms with van der Waals surface area (Å²) in [4.78, 5) is 12.8. The second kappa shape index (κ2) is 7.93. The first kappa shape index (κ1) is 21.7. The molecule has 1 atom stereocenters. The average molecular weight is 346 g/mol. The van der Waals surface area contributed by atoms with Crippen LogP contribution in [0.5, 0.6) is 0 Å². The van der Waals surface area contributed by atoms with E-state index in [1.165, 1.54) is 0 Å². The first-order chi connectivity index (χ1) is 11.3. The SMILES string of the molecule is CC(C)CC(C)(C)CC(C)(C)NC(=O)C1=CC=CC(C)(C(C)C)C=C1. The zero-order valence-electron chi connectivity index (χ0n) is 17.9. The molecule has 2 nitrogen and oxygen atoms in total. The predicted octanol–water partition coefficient (Wildman–Crippen LogP) is 6.06. The van der Waals surface area contributed by atoms with Gasteiger partial charge >= 0.3 is 0 Å². The molecule has 0 saturated heterocycles. The lowest BCUT2D eigenvalue weighted by atomic mass is 9.75. The van der Waals surface area contributed by atoms with Crippen LogP contribution >= 0.6 is 0 Å². The molecule has 0 fully saturated rings. The van der Waals surface area contributed by atoms with Crippen LogP contribution < -0.4 is 5.32 Å². The summed E-state index contributed by atoms with van der Waals surface area (Å²) in [6.45, 7) is 20.0. The third kappa shape index (κ3) is 6.84. The van der Waals surface area contributed by atoms with Crippen molar-refractivity contribution in [3.8, 4) is 0 Å². The minimum atomic E-state index is -0.235. The Kier molecular flexibility index (Phi) is 6.89. The number of allylic oxidation sites excluding steroid dienone is 4. The number of hydrogen-bond donors (Lipinski definition) is 1. The van der Waals surface area contributed by atoms with Gasteiger partial charge in [0.15, 0.2) is 0 Å². The number of carbonyl (C=O) groups excluding carboxylic acids is 1. The lowest BCUT2D eigenvalue weighted by molar-refractivity contribution is -0.119. The molecule has 0 aromatic rings. The Labute approximate surface area is 155 Å². The third-order valence-corrected chi connectivity index (χ3v) is 5.19. The van der Waals surface area contributed by atoms with E-state index in [-0.39, 0.29) is 22.3 Å². The van der Waals surface area contributed by atoms with Gasteiger partial charge < -0.3 is 5.32 Å². The molecule has 0 bridgehead atoms. The fraction of sp³-hybridized carbons (Fsp3) is 0.696. The molecule has 1 aliphatic rings. The van der Waals surface area contributed by atoms with E-state index in [0.29, 0.717) is 11.8 Å². The van der Waals surface area contributed by atoms with Gasteiger partial charge in [-0.2, -0.15) is 0 Å². The van der Waals surface area contributed by atoms with Crippen molar-refractivity contribution in [1.82, 2.24) is 5.32 Å².